The van der Waals surface area contributed by atoms with Crippen molar-refractivity contribution in [1.82, 2.24) is 0 Å². The fourth-order valence-electron chi connectivity index (χ4n) is 1.94. The van der Waals surface area contributed by atoms with Crippen LogP contribution < -0.4 is 9.57 Å². The number of unbranched alkanes of at least 4 members (excludes halogenated alkanes) is 3. The van der Waals surface area contributed by atoms with Gasteiger partial charge in [0.05, 0.1) is 5.39 Å². The average Bonchev–Trinajstić information content (AvgIpc) is 2.39. The first-order chi connectivity index (χ1) is 8.42. The van der Waals surface area contributed by atoms with E-state index in [1.165, 1.54) is 24.6 Å². The number of fused-ring (bicyclic) bond motifs is 1. The molecule has 1 aromatic carbocycles. The highest BCUT2D eigenvalue weighted by molar-refractivity contribution is 5.74. The molecule has 1 aromatic heterocycles. The summed E-state index contributed by atoms with van der Waals surface area (Å²) in [6.45, 7) is 3.01. The predicted octanol–water partition coefficient (Wildman–Crippen LogP) is 3.14. The van der Waals surface area contributed by atoms with E-state index in [1.807, 2.05) is 29.1 Å². The molecule has 0 unspecified atom stereocenters. The van der Waals surface area contributed by atoms with E-state index in [-0.39, 0.29) is 0 Å². The Hall–Kier alpha value is -1.57. The highest BCUT2D eigenvalue weighted by Crippen LogP contribution is 2.07. The van der Waals surface area contributed by atoms with Crippen LogP contribution in [0.1, 0.15) is 32.6 Å². The summed E-state index contributed by atoms with van der Waals surface area (Å²) in [4.78, 5) is 5.78. The molecule has 0 aliphatic heterocycles. The molecule has 0 N–H and O–H groups in total. The van der Waals surface area contributed by atoms with Gasteiger partial charge in [-0.2, -0.15) is 0 Å². The monoisotopic (exact) mass is 230 g/mol. The lowest BCUT2D eigenvalue weighted by Gasteiger charge is -2.01. The largest absolute Gasteiger partial charge is 0.271 e. The topological polar surface area (TPSA) is 13.1 Å². The summed E-state index contributed by atoms with van der Waals surface area (Å²) in [5.74, 6) is 0. The maximum atomic E-state index is 5.78. The quantitative estimate of drug-likeness (QED) is 0.549. The molecule has 17 heavy (non-hydrogen) atoms. The van der Waals surface area contributed by atoms with Gasteiger partial charge in [-0.25, -0.2) is 0 Å². The molecule has 0 saturated heterocycles. The molecule has 2 aromatic rings. The average molecular weight is 230 g/mol. The second-order valence-electron chi connectivity index (χ2n) is 4.29. The van der Waals surface area contributed by atoms with Crippen LogP contribution in [0.25, 0.3) is 10.9 Å². The summed E-state index contributed by atoms with van der Waals surface area (Å²) < 4.78 is 1.88. The molecule has 0 spiro atoms. The van der Waals surface area contributed by atoms with Gasteiger partial charge in [-0.15, -0.1) is 0 Å². The maximum Gasteiger partial charge on any atom is 0.264 e. The number of pyridine rings is 1. The third kappa shape index (κ3) is 3.19. The highest BCUT2D eigenvalue weighted by Gasteiger charge is 2.08. The Morgan fingerprint density at radius 2 is 1.82 bits per heavy atom. The van der Waals surface area contributed by atoms with E-state index in [0.717, 1.165) is 18.5 Å². The van der Waals surface area contributed by atoms with Crippen molar-refractivity contribution in [2.45, 2.75) is 32.6 Å². The molecule has 0 amide bonds. The number of hydrogen-bond donors (Lipinski definition) is 0. The molecule has 1 heterocycles. The lowest BCUT2D eigenvalue weighted by molar-refractivity contribution is -0.871. The molecule has 0 atom stereocenters. The van der Waals surface area contributed by atoms with Gasteiger partial charge in [-0.1, -0.05) is 31.9 Å². The molecule has 2 rings (SSSR count). The summed E-state index contributed by atoms with van der Waals surface area (Å²) in [6, 6.07) is 12.4. The van der Waals surface area contributed by atoms with E-state index in [4.69, 9.17) is 4.84 Å². The van der Waals surface area contributed by atoms with Crippen LogP contribution in [0.4, 0.5) is 0 Å². The van der Waals surface area contributed by atoms with Gasteiger partial charge in [0.2, 0.25) is 6.20 Å². The van der Waals surface area contributed by atoms with Gasteiger partial charge < -0.3 is 0 Å². The van der Waals surface area contributed by atoms with Crippen LogP contribution in [0.2, 0.25) is 0 Å². The summed E-state index contributed by atoms with van der Waals surface area (Å²) in [7, 11) is 0. The number of aromatic nitrogens is 1. The van der Waals surface area contributed by atoms with E-state index in [9.17, 15) is 0 Å². The van der Waals surface area contributed by atoms with Crippen LogP contribution in [-0.2, 0) is 0 Å². The summed E-state index contributed by atoms with van der Waals surface area (Å²) >= 11 is 0. The standard InChI is InChI=1S/C15H20NO/c1-2-3-4-7-13-17-16-12-8-10-14-9-5-6-11-15(14)16/h5-6,8-12H,2-4,7,13H2,1H3/q+1. The first kappa shape index (κ1) is 11.9. The minimum Gasteiger partial charge on any atom is -0.271 e. The van der Waals surface area contributed by atoms with Gasteiger partial charge in [0, 0.05) is 16.9 Å². The van der Waals surface area contributed by atoms with E-state index < -0.39 is 0 Å². The van der Waals surface area contributed by atoms with Gasteiger partial charge in [0.15, 0.2) is 6.61 Å². The zero-order chi connectivity index (χ0) is 11.9. The van der Waals surface area contributed by atoms with Crippen molar-refractivity contribution in [2.75, 3.05) is 6.61 Å². The Labute approximate surface area is 103 Å². The van der Waals surface area contributed by atoms with Crippen molar-refractivity contribution in [3.8, 4) is 0 Å². The Morgan fingerprint density at radius 3 is 2.71 bits per heavy atom. The number of nitrogens with zero attached hydrogens (tertiary/aromatic N) is 1. The van der Waals surface area contributed by atoms with Crippen molar-refractivity contribution < 1.29 is 9.57 Å². The molecule has 2 heteroatoms. The van der Waals surface area contributed by atoms with E-state index in [0.29, 0.717) is 0 Å². The van der Waals surface area contributed by atoms with Gasteiger partial charge in [0.1, 0.15) is 0 Å². The van der Waals surface area contributed by atoms with Crippen molar-refractivity contribution in [1.29, 1.82) is 0 Å². The van der Waals surface area contributed by atoms with Crippen molar-refractivity contribution in [3.63, 3.8) is 0 Å². The molecule has 0 aliphatic rings. The van der Waals surface area contributed by atoms with Crippen molar-refractivity contribution in [2.24, 2.45) is 0 Å². The van der Waals surface area contributed by atoms with Crippen molar-refractivity contribution in [3.05, 3.63) is 42.6 Å². The zero-order valence-electron chi connectivity index (χ0n) is 10.4. The van der Waals surface area contributed by atoms with Crippen LogP contribution in [0, 0.1) is 0 Å². The summed E-state index contributed by atoms with van der Waals surface area (Å²) in [5, 5.41) is 1.21. The van der Waals surface area contributed by atoms with Gasteiger partial charge >= 0.3 is 0 Å². The number of benzene rings is 1. The van der Waals surface area contributed by atoms with Crippen LogP contribution >= 0.6 is 0 Å². The smallest absolute Gasteiger partial charge is 0.264 e. The Kier molecular flexibility index (Phi) is 4.37. The summed E-state index contributed by atoms with van der Waals surface area (Å²) in [5.41, 5.74) is 1.13. The van der Waals surface area contributed by atoms with Crippen LogP contribution in [0.3, 0.4) is 0 Å². The molecule has 0 saturated carbocycles. The number of hydrogen-bond acceptors (Lipinski definition) is 1. The molecule has 0 aliphatic carbocycles. The van der Waals surface area contributed by atoms with E-state index >= 15 is 0 Å². The van der Waals surface area contributed by atoms with Gasteiger partial charge in [0.25, 0.3) is 5.52 Å². The highest BCUT2D eigenvalue weighted by atomic mass is 16.7. The number of rotatable bonds is 6. The van der Waals surface area contributed by atoms with Crippen LogP contribution in [-0.4, -0.2) is 6.61 Å². The van der Waals surface area contributed by atoms with Crippen molar-refractivity contribution >= 4 is 10.9 Å². The molecule has 2 nitrogen and oxygen atoms in total. The van der Waals surface area contributed by atoms with Gasteiger partial charge in [-0.3, -0.25) is 4.84 Å². The minimum atomic E-state index is 0.790. The van der Waals surface area contributed by atoms with Gasteiger partial charge in [-0.05, 0) is 25.0 Å². The molecule has 0 bridgehead atoms. The number of para-hydroxylation sites is 1. The third-order valence-corrected chi connectivity index (χ3v) is 2.90. The fourth-order valence-corrected chi connectivity index (χ4v) is 1.94. The second-order valence-corrected chi connectivity index (χ2v) is 4.29. The van der Waals surface area contributed by atoms with E-state index in [2.05, 4.69) is 25.1 Å². The maximum absolute atomic E-state index is 5.78. The predicted molar refractivity (Wildman–Crippen MR) is 69.7 cm³/mol. The Balaban J connectivity index is 1.98. The lowest BCUT2D eigenvalue weighted by atomic mass is 10.2. The minimum absolute atomic E-state index is 0.790. The zero-order valence-corrected chi connectivity index (χ0v) is 10.4. The molecule has 0 radical (unpaired) electrons. The van der Waals surface area contributed by atoms with E-state index in [1.54, 1.807) is 0 Å². The van der Waals surface area contributed by atoms with Crippen LogP contribution in [0.15, 0.2) is 42.6 Å². The SMILES string of the molecule is CCCCCCO[n+]1cccc2ccccc21. The molecular formula is C15H20NO+. The van der Waals surface area contributed by atoms with Crippen LogP contribution in [0.5, 0.6) is 0 Å². The summed E-state index contributed by atoms with van der Waals surface area (Å²) in [6.07, 6.45) is 6.92. The molecule has 0 fully saturated rings. The first-order valence-electron chi connectivity index (χ1n) is 6.44. The first-order valence-corrected chi connectivity index (χ1v) is 6.44. The normalized spacial score (nSPS) is 10.6. The Bertz CT molecular complexity index is 462. The lowest BCUT2D eigenvalue weighted by Crippen LogP contribution is -2.43. The Morgan fingerprint density at radius 1 is 1.00 bits per heavy atom. The fraction of sp³-hybridized carbons (Fsp3) is 0.400. The molecule has 90 valence electrons. The molecular weight excluding hydrogens is 210 g/mol. The second kappa shape index (κ2) is 6.24. The third-order valence-electron chi connectivity index (χ3n) is 2.90.